The number of thiazole rings is 1. The Kier molecular flexibility index (Phi) is 4.13. The lowest BCUT2D eigenvalue weighted by Gasteiger charge is -2.05. The Labute approximate surface area is 134 Å². The van der Waals surface area contributed by atoms with E-state index in [-0.39, 0.29) is 17.4 Å². The summed E-state index contributed by atoms with van der Waals surface area (Å²) in [7, 11) is 0. The summed E-state index contributed by atoms with van der Waals surface area (Å²) in [6, 6.07) is 8.98. The van der Waals surface area contributed by atoms with Gasteiger partial charge >= 0.3 is 0 Å². The van der Waals surface area contributed by atoms with Crippen LogP contribution in [0.3, 0.4) is 0 Å². The summed E-state index contributed by atoms with van der Waals surface area (Å²) in [5.74, 6) is -0.706. The third-order valence-electron chi connectivity index (χ3n) is 2.87. The second kappa shape index (κ2) is 6.21. The van der Waals surface area contributed by atoms with E-state index in [9.17, 15) is 9.18 Å². The summed E-state index contributed by atoms with van der Waals surface area (Å²) in [4.78, 5) is 20.4. The molecule has 0 aliphatic heterocycles. The highest BCUT2D eigenvalue weighted by Crippen LogP contribution is 2.30. The smallest absolute Gasteiger partial charge is 0.274 e. The number of hydrogen-bond acceptors (Lipinski definition) is 4. The lowest BCUT2D eigenvalue weighted by atomic mass is 10.1. The number of nitrogens with zero attached hydrogens (tertiary/aromatic N) is 2. The number of amides is 1. The van der Waals surface area contributed by atoms with Crippen molar-refractivity contribution in [3.8, 4) is 11.3 Å². The Morgan fingerprint density at radius 1 is 1.18 bits per heavy atom. The van der Waals surface area contributed by atoms with Gasteiger partial charge in [-0.1, -0.05) is 11.6 Å². The molecule has 0 radical (unpaired) electrons. The van der Waals surface area contributed by atoms with Crippen LogP contribution in [0.15, 0.2) is 48.1 Å². The van der Waals surface area contributed by atoms with Crippen molar-refractivity contribution >= 4 is 33.8 Å². The first kappa shape index (κ1) is 14.6. The van der Waals surface area contributed by atoms with Gasteiger partial charge in [0.1, 0.15) is 22.2 Å². The van der Waals surface area contributed by atoms with Crippen LogP contribution in [0.2, 0.25) is 5.02 Å². The third-order valence-corrected chi connectivity index (χ3v) is 3.84. The highest BCUT2D eigenvalue weighted by Gasteiger charge is 2.14. The van der Waals surface area contributed by atoms with Gasteiger partial charge in [0.05, 0.1) is 5.51 Å². The molecule has 4 nitrogen and oxygen atoms in total. The maximum Gasteiger partial charge on any atom is 0.274 e. The fourth-order valence-corrected chi connectivity index (χ4v) is 2.70. The molecule has 2 heterocycles. The number of carbonyl (C=O) groups excluding carboxylic acids is 1. The molecule has 1 N–H and O–H groups in total. The van der Waals surface area contributed by atoms with Crippen molar-refractivity contribution < 1.29 is 9.18 Å². The number of benzene rings is 1. The largest absolute Gasteiger partial charge is 0.310 e. The zero-order chi connectivity index (χ0) is 15.5. The van der Waals surface area contributed by atoms with Crippen LogP contribution in [-0.4, -0.2) is 15.9 Å². The summed E-state index contributed by atoms with van der Waals surface area (Å²) < 4.78 is 13.0. The molecule has 110 valence electrons. The minimum Gasteiger partial charge on any atom is -0.310 e. The molecule has 0 atom stereocenters. The van der Waals surface area contributed by atoms with Crippen LogP contribution in [0, 0.1) is 5.82 Å². The summed E-state index contributed by atoms with van der Waals surface area (Å²) in [5.41, 5.74) is 3.13. The van der Waals surface area contributed by atoms with Gasteiger partial charge < -0.3 is 5.32 Å². The molecule has 3 rings (SSSR count). The molecule has 1 amide bonds. The third kappa shape index (κ3) is 3.13. The number of aromatic nitrogens is 2. The molecule has 0 aliphatic carbocycles. The molecule has 2 aromatic heterocycles. The molecular weight excluding hydrogens is 325 g/mol. The van der Waals surface area contributed by atoms with E-state index in [1.807, 2.05) is 0 Å². The predicted molar refractivity (Wildman–Crippen MR) is 84.7 cm³/mol. The summed E-state index contributed by atoms with van der Waals surface area (Å²) >= 11 is 7.13. The molecule has 0 fully saturated rings. The second-order valence-electron chi connectivity index (χ2n) is 4.35. The Balaban J connectivity index is 1.86. The Hall–Kier alpha value is -2.31. The van der Waals surface area contributed by atoms with E-state index in [0.717, 1.165) is 5.56 Å². The molecule has 0 spiro atoms. The van der Waals surface area contributed by atoms with Gasteiger partial charge in [-0.25, -0.2) is 9.37 Å². The second-order valence-corrected chi connectivity index (χ2v) is 5.64. The monoisotopic (exact) mass is 333 g/mol. The standard InChI is InChI=1S/C15H9ClFN3OS/c16-10-5-6-18-12(7-10)14(21)20-15-13(19-8-22-15)9-1-3-11(17)4-2-9/h1-8H,(H,20,21). The number of halogens is 2. The van der Waals surface area contributed by atoms with Crippen molar-refractivity contribution in [1.82, 2.24) is 9.97 Å². The Morgan fingerprint density at radius 3 is 2.68 bits per heavy atom. The predicted octanol–water partition coefficient (Wildman–Crippen LogP) is 4.25. The molecule has 0 aliphatic rings. The average molecular weight is 334 g/mol. The highest BCUT2D eigenvalue weighted by atomic mass is 35.5. The van der Waals surface area contributed by atoms with E-state index in [4.69, 9.17) is 11.6 Å². The van der Waals surface area contributed by atoms with E-state index in [1.54, 1.807) is 23.7 Å². The van der Waals surface area contributed by atoms with E-state index >= 15 is 0 Å². The SMILES string of the molecule is O=C(Nc1scnc1-c1ccc(F)cc1)c1cc(Cl)ccn1. The molecule has 0 saturated heterocycles. The van der Waals surface area contributed by atoms with Crippen LogP contribution in [0.1, 0.15) is 10.5 Å². The summed E-state index contributed by atoms with van der Waals surface area (Å²) in [6.45, 7) is 0. The Morgan fingerprint density at radius 2 is 1.95 bits per heavy atom. The lowest BCUT2D eigenvalue weighted by molar-refractivity contribution is 0.102. The van der Waals surface area contributed by atoms with E-state index < -0.39 is 0 Å². The van der Waals surface area contributed by atoms with Crippen molar-refractivity contribution in [3.05, 3.63) is 64.6 Å². The molecule has 22 heavy (non-hydrogen) atoms. The molecule has 3 aromatic rings. The van der Waals surface area contributed by atoms with E-state index in [2.05, 4.69) is 15.3 Å². The summed E-state index contributed by atoms with van der Waals surface area (Å²) in [5, 5.41) is 3.75. The quantitative estimate of drug-likeness (QED) is 0.779. The zero-order valence-electron chi connectivity index (χ0n) is 11.1. The first-order valence-corrected chi connectivity index (χ1v) is 7.51. The van der Waals surface area contributed by atoms with Gasteiger partial charge in [-0.15, -0.1) is 11.3 Å². The Bertz CT molecular complexity index is 820. The number of hydrogen-bond donors (Lipinski definition) is 1. The van der Waals surface area contributed by atoms with Gasteiger partial charge in [0.25, 0.3) is 5.91 Å². The molecule has 0 saturated carbocycles. The van der Waals surface area contributed by atoms with E-state index in [1.165, 1.54) is 35.7 Å². The van der Waals surface area contributed by atoms with Gasteiger partial charge in [0.15, 0.2) is 0 Å². The maximum atomic E-state index is 13.0. The van der Waals surface area contributed by atoms with Crippen LogP contribution in [0.5, 0.6) is 0 Å². The molecule has 0 unspecified atom stereocenters. The van der Waals surface area contributed by atoms with Gasteiger partial charge in [-0.2, -0.15) is 0 Å². The van der Waals surface area contributed by atoms with Crippen LogP contribution in [0.25, 0.3) is 11.3 Å². The minimum atomic E-state index is -0.380. The minimum absolute atomic E-state index is 0.214. The molecule has 0 bridgehead atoms. The first-order valence-electron chi connectivity index (χ1n) is 6.26. The fraction of sp³-hybridized carbons (Fsp3) is 0. The molecular formula is C15H9ClFN3OS. The van der Waals surface area contributed by atoms with Crippen LogP contribution in [-0.2, 0) is 0 Å². The normalized spacial score (nSPS) is 10.5. The highest BCUT2D eigenvalue weighted by molar-refractivity contribution is 7.14. The fourth-order valence-electron chi connectivity index (χ4n) is 1.84. The lowest BCUT2D eigenvalue weighted by Crippen LogP contribution is -2.13. The topological polar surface area (TPSA) is 54.9 Å². The number of nitrogens with one attached hydrogen (secondary N) is 1. The van der Waals surface area contributed by atoms with Gasteiger partial charge in [0, 0.05) is 16.8 Å². The van der Waals surface area contributed by atoms with Crippen LogP contribution >= 0.6 is 22.9 Å². The number of rotatable bonds is 3. The zero-order valence-corrected chi connectivity index (χ0v) is 12.7. The van der Waals surface area contributed by atoms with Gasteiger partial charge in [-0.05, 0) is 36.4 Å². The van der Waals surface area contributed by atoms with Crippen molar-refractivity contribution in [3.63, 3.8) is 0 Å². The van der Waals surface area contributed by atoms with Crippen LogP contribution in [0.4, 0.5) is 9.39 Å². The van der Waals surface area contributed by atoms with Crippen molar-refractivity contribution in [2.24, 2.45) is 0 Å². The van der Waals surface area contributed by atoms with Gasteiger partial charge in [0.2, 0.25) is 0 Å². The van der Waals surface area contributed by atoms with Crippen molar-refractivity contribution in [2.45, 2.75) is 0 Å². The molecule has 7 heteroatoms. The number of anilines is 1. The first-order chi connectivity index (χ1) is 10.6. The molecule has 1 aromatic carbocycles. The van der Waals surface area contributed by atoms with Crippen LogP contribution < -0.4 is 5.32 Å². The van der Waals surface area contributed by atoms with Crippen molar-refractivity contribution in [2.75, 3.05) is 5.32 Å². The summed E-state index contributed by atoms with van der Waals surface area (Å²) in [6.07, 6.45) is 1.46. The van der Waals surface area contributed by atoms with Gasteiger partial charge in [-0.3, -0.25) is 9.78 Å². The number of pyridine rings is 1. The van der Waals surface area contributed by atoms with E-state index in [0.29, 0.717) is 15.7 Å². The maximum absolute atomic E-state index is 13.0. The number of carbonyl (C=O) groups is 1. The average Bonchev–Trinajstić information content (AvgIpc) is 2.96. The van der Waals surface area contributed by atoms with Crippen molar-refractivity contribution in [1.29, 1.82) is 0 Å².